The van der Waals surface area contributed by atoms with Crippen molar-refractivity contribution in [3.05, 3.63) is 101 Å². The van der Waals surface area contributed by atoms with Crippen LogP contribution in [0.5, 0.6) is 5.75 Å². The van der Waals surface area contributed by atoms with E-state index in [9.17, 15) is 9.59 Å². The third kappa shape index (κ3) is 8.98. The molecule has 0 aromatic heterocycles. The number of hydrogen-bond acceptors (Lipinski definition) is 3. The van der Waals surface area contributed by atoms with Crippen molar-refractivity contribution in [3.63, 3.8) is 0 Å². The Bertz CT molecular complexity index is 1170. The Kier molecular flexibility index (Phi) is 10.6. The van der Waals surface area contributed by atoms with E-state index in [-0.39, 0.29) is 17.9 Å². The molecule has 1 aliphatic carbocycles. The molecule has 3 aromatic carbocycles. The van der Waals surface area contributed by atoms with Crippen molar-refractivity contribution in [2.75, 3.05) is 6.61 Å². The summed E-state index contributed by atoms with van der Waals surface area (Å²) in [5.74, 6) is 0.725. The van der Waals surface area contributed by atoms with Crippen molar-refractivity contribution in [1.29, 1.82) is 0 Å². The minimum Gasteiger partial charge on any atom is -0.494 e. The van der Waals surface area contributed by atoms with Crippen molar-refractivity contribution in [2.45, 2.75) is 83.8 Å². The summed E-state index contributed by atoms with van der Waals surface area (Å²) in [5.41, 5.74) is 4.42. The van der Waals surface area contributed by atoms with Gasteiger partial charge in [0.2, 0.25) is 11.8 Å². The van der Waals surface area contributed by atoms with Gasteiger partial charge in [0.15, 0.2) is 0 Å². The van der Waals surface area contributed by atoms with Crippen molar-refractivity contribution in [3.8, 4) is 5.75 Å². The van der Waals surface area contributed by atoms with Gasteiger partial charge >= 0.3 is 0 Å². The van der Waals surface area contributed by atoms with Crippen LogP contribution in [-0.2, 0) is 22.6 Å². The van der Waals surface area contributed by atoms with E-state index in [2.05, 4.69) is 36.5 Å². The molecule has 0 radical (unpaired) electrons. The number of nitrogens with zero attached hydrogens (tertiary/aromatic N) is 1. The number of carbonyl (C=O) groups excluding carboxylic acids is 2. The first-order valence-corrected chi connectivity index (χ1v) is 14.4. The third-order valence-electron chi connectivity index (χ3n) is 7.52. The molecule has 206 valence electrons. The zero-order valence-corrected chi connectivity index (χ0v) is 23.4. The SMILES string of the molecule is Cc1ccc(CN(C(=O)CCCOc2ccc(C)cc2)[C@@H](Cc2ccccc2)C(=O)NC2CCCCC2)cc1. The molecule has 1 N–H and O–H groups in total. The van der Waals surface area contributed by atoms with Gasteiger partial charge in [0.05, 0.1) is 6.61 Å². The number of ether oxygens (including phenoxy) is 1. The summed E-state index contributed by atoms with van der Waals surface area (Å²) in [6.07, 6.45) is 6.90. The summed E-state index contributed by atoms with van der Waals surface area (Å²) < 4.78 is 5.88. The fourth-order valence-corrected chi connectivity index (χ4v) is 5.18. The molecule has 0 unspecified atom stereocenters. The summed E-state index contributed by atoms with van der Waals surface area (Å²) in [4.78, 5) is 29.4. The number of benzene rings is 3. The Morgan fingerprint density at radius 3 is 2.15 bits per heavy atom. The molecule has 1 aliphatic rings. The second kappa shape index (κ2) is 14.5. The van der Waals surface area contributed by atoms with E-state index in [4.69, 9.17) is 4.74 Å². The van der Waals surface area contributed by atoms with E-state index in [0.717, 1.165) is 42.6 Å². The number of aryl methyl sites for hydroxylation is 2. The molecule has 0 bridgehead atoms. The van der Waals surface area contributed by atoms with E-state index < -0.39 is 6.04 Å². The maximum absolute atomic E-state index is 13.8. The minimum atomic E-state index is -0.582. The quantitative estimate of drug-likeness (QED) is 0.272. The van der Waals surface area contributed by atoms with E-state index in [1.807, 2.05) is 61.5 Å². The molecule has 39 heavy (non-hydrogen) atoms. The monoisotopic (exact) mass is 526 g/mol. The van der Waals surface area contributed by atoms with Gasteiger partial charge in [0.25, 0.3) is 0 Å². The van der Waals surface area contributed by atoms with E-state index in [1.54, 1.807) is 4.90 Å². The van der Waals surface area contributed by atoms with Crippen LogP contribution >= 0.6 is 0 Å². The van der Waals surface area contributed by atoms with Gasteiger partial charge in [-0.05, 0) is 56.4 Å². The number of amides is 2. The molecule has 4 rings (SSSR count). The van der Waals surface area contributed by atoms with Gasteiger partial charge in [-0.2, -0.15) is 0 Å². The first-order chi connectivity index (χ1) is 19.0. The van der Waals surface area contributed by atoms with Gasteiger partial charge < -0.3 is 15.0 Å². The van der Waals surface area contributed by atoms with Gasteiger partial charge in [0, 0.05) is 25.4 Å². The van der Waals surface area contributed by atoms with Gasteiger partial charge in [-0.1, -0.05) is 97.1 Å². The van der Waals surface area contributed by atoms with Crippen molar-refractivity contribution in [1.82, 2.24) is 10.2 Å². The number of hydrogen-bond donors (Lipinski definition) is 1. The van der Waals surface area contributed by atoms with Crippen LogP contribution in [0.15, 0.2) is 78.9 Å². The number of nitrogens with one attached hydrogen (secondary N) is 1. The van der Waals surface area contributed by atoms with Crippen LogP contribution in [0.4, 0.5) is 0 Å². The predicted octanol–water partition coefficient (Wildman–Crippen LogP) is 6.55. The maximum atomic E-state index is 13.8. The lowest BCUT2D eigenvalue weighted by atomic mass is 9.94. The van der Waals surface area contributed by atoms with Gasteiger partial charge in [0.1, 0.15) is 11.8 Å². The Labute approximate surface area is 233 Å². The molecule has 1 atom stereocenters. The highest BCUT2D eigenvalue weighted by Crippen LogP contribution is 2.21. The lowest BCUT2D eigenvalue weighted by Crippen LogP contribution is -2.52. The highest BCUT2D eigenvalue weighted by Gasteiger charge is 2.31. The number of rotatable bonds is 12. The molecule has 0 spiro atoms. The summed E-state index contributed by atoms with van der Waals surface area (Å²) in [7, 11) is 0. The largest absolute Gasteiger partial charge is 0.494 e. The average Bonchev–Trinajstić information content (AvgIpc) is 2.96. The van der Waals surface area contributed by atoms with Crippen molar-refractivity contribution < 1.29 is 14.3 Å². The van der Waals surface area contributed by atoms with E-state index in [1.165, 1.54) is 17.5 Å². The summed E-state index contributed by atoms with van der Waals surface area (Å²) in [6, 6.07) is 25.8. The van der Waals surface area contributed by atoms with Gasteiger partial charge in [-0.15, -0.1) is 0 Å². The number of carbonyl (C=O) groups is 2. The molecule has 5 nitrogen and oxygen atoms in total. The highest BCUT2D eigenvalue weighted by atomic mass is 16.5. The molecule has 0 aliphatic heterocycles. The zero-order chi connectivity index (χ0) is 27.5. The zero-order valence-electron chi connectivity index (χ0n) is 23.4. The normalized spacial score (nSPS) is 14.4. The third-order valence-corrected chi connectivity index (χ3v) is 7.52. The molecular weight excluding hydrogens is 484 g/mol. The average molecular weight is 527 g/mol. The highest BCUT2D eigenvalue weighted by molar-refractivity contribution is 5.88. The van der Waals surface area contributed by atoms with Crippen molar-refractivity contribution in [2.24, 2.45) is 0 Å². The molecule has 1 saturated carbocycles. The molecule has 0 heterocycles. The molecule has 1 fully saturated rings. The van der Waals surface area contributed by atoms with Gasteiger partial charge in [-0.25, -0.2) is 0 Å². The van der Waals surface area contributed by atoms with Crippen LogP contribution in [-0.4, -0.2) is 35.4 Å². The van der Waals surface area contributed by atoms with Crippen LogP contribution < -0.4 is 10.1 Å². The minimum absolute atomic E-state index is 0.0252. The summed E-state index contributed by atoms with van der Waals surface area (Å²) >= 11 is 0. The van der Waals surface area contributed by atoms with Crippen LogP contribution in [0.3, 0.4) is 0 Å². The standard InChI is InChI=1S/C34H42N2O3/c1-26-15-19-29(20-16-26)25-36(33(37)14-9-23-39-31-21-17-27(2)18-22-31)32(24-28-10-5-3-6-11-28)34(38)35-30-12-7-4-8-13-30/h3,5-6,10-11,15-22,30,32H,4,7-9,12-14,23-25H2,1-2H3,(H,35,38)/t32-/m0/s1. The topological polar surface area (TPSA) is 58.6 Å². The Balaban J connectivity index is 1.51. The van der Waals surface area contributed by atoms with Crippen LogP contribution in [0, 0.1) is 13.8 Å². The predicted molar refractivity (Wildman–Crippen MR) is 157 cm³/mol. The maximum Gasteiger partial charge on any atom is 0.243 e. The second-order valence-corrected chi connectivity index (χ2v) is 10.8. The Morgan fingerprint density at radius 1 is 0.846 bits per heavy atom. The second-order valence-electron chi connectivity index (χ2n) is 10.8. The first-order valence-electron chi connectivity index (χ1n) is 14.4. The van der Waals surface area contributed by atoms with Crippen LogP contribution in [0.25, 0.3) is 0 Å². The van der Waals surface area contributed by atoms with E-state index >= 15 is 0 Å². The van der Waals surface area contributed by atoms with Crippen molar-refractivity contribution >= 4 is 11.8 Å². The molecule has 5 heteroatoms. The molecule has 3 aromatic rings. The van der Waals surface area contributed by atoms with Gasteiger partial charge in [-0.3, -0.25) is 9.59 Å². The molecule has 0 saturated heterocycles. The lowest BCUT2D eigenvalue weighted by molar-refractivity contribution is -0.141. The Morgan fingerprint density at radius 2 is 1.49 bits per heavy atom. The summed E-state index contributed by atoms with van der Waals surface area (Å²) in [6.45, 7) is 4.94. The van der Waals surface area contributed by atoms with Crippen LogP contribution in [0.2, 0.25) is 0 Å². The fraction of sp³-hybridized carbons (Fsp3) is 0.412. The smallest absolute Gasteiger partial charge is 0.243 e. The van der Waals surface area contributed by atoms with Crippen LogP contribution in [0.1, 0.15) is 67.2 Å². The molecule has 2 amide bonds. The lowest BCUT2D eigenvalue weighted by Gasteiger charge is -2.33. The first kappa shape index (κ1) is 28.4. The fourth-order valence-electron chi connectivity index (χ4n) is 5.18. The molecular formula is C34H42N2O3. The summed E-state index contributed by atoms with van der Waals surface area (Å²) in [5, 5.41) is 3.31. The van der Waals surface area contributed by atoms with E-state index in [0.29, 0.717) is 32.4 Å². The Hall–Kier alpha value is -3.60.